The van der Waals surface area contributed by atoms with Crippen LogP contribution in [0.25, 0.3) is 0 Å². The van der Waals surface area contributed by atoms with E-state index in [1.807, 2.05) is 0 Å². The van der Waals surface area contributed by atoms with E-state index in [0.29, 0.717) is 16.3 Å². The lowest BCUT2D eigenvalue weighted by Crippen LogP contribution is -2.32. The fourth-order valence-corrected chi connectivity index (χ4v) is 4.21. The van der Waals surface area contributed by atoms with Crippen molar-refractivity contribution in [3.63, 3.8) is 0 Å². The maximum atomic E-state index is 14.8. The summed E-state index contributed by atoms with van der Waals surface area (Å²) in [5, 5.41) is 13.1. The average molecular weight is 343 g/mol. The summed E-state index contributed by atoms with van der Waals surface area (Å²) in [6.45, 7) is 1.18. The Kier molecular flexibility index (Phi) is 4.15. The number of phenolic OH excluding ortho intramolecular Hbond substituents is 1. The Balaban J connectivity index is 1.94. The van der Waals surface area contributed by atoms with Crippen molar-refractivity contribution in [2.45, 2.75) is 19.3 Å². The van der Waals surface area contributed by atoms with Gasteiger partial charge >= 0.3 is 10.2 Å². The zero-order valence-corrected chi connectivity index (χ0v) is 13.2. The number of aromatic hydroxyl groups is 1. The average Bonchev–Trinajstić information content (AvgIpc) is 2.76. The van der Waals surface area contributed by atoms with Crippen molar-refractivity contribution in [1.29, 1.82) is 0 Å². The number of nitrogens with one attached hydrogen (secondary N) is 2. The van der Waals surface area contributed by atoms with Crippen LogP contribution in [0.5, 0.6) is 5.75 Å². The maximum Gasteiger partial charge on any atom is 0.326 e. The standard InChI is InChI=1S/C14H18FN3O4S/c15-13-10(6-9-2-1-5-16-7-9)3-4-11(19)14(13)18-8-12(20)17-23(18,21)22/h3-4,9,16,19H,1-2,5-8H2,(H,17,20). The van der Waals surface area contributed by atoms with E-state index in [0.717, 1.165) is 25.9 Å². The van der Waals surface area contributed by atoms with Crippen molar-refractivity contribution in [2.75, 3.05) is 23.9 Å². The number of rotatable bonds is 3. The van der Waals surface area contributed by atoms with Crippen LogP contribution >= 0.6 is 0 Å². The molecule has 7 nitrogen and oxygen atoms in total. The predicted octanol–water partition coefficient (Wildman–Crippen LogP) is 0.254. The molecule has 0 saturated carbocycles. The first-order valence-corrected chi connectivity index (χ1v) is 8.87. The molecule has 0 aliphatic carbocycles. The second-order valence-electron chi connectivity index (χ2n) is 5.86. The topological polar surface area (TPSA) is 98.7 Å². The molecule has 1 atom stereocenters. The summed E-state index contributed by atoms with van der Waals surface area (Å²) in [6, 6.07) is 2.73. The predicted molar refractivity (Wildman–Crippen MR) is 81.8 cm³/mol. The molecule has 1 aromatic carbocycles. The lowest BCUT2D eigenvalue weighted by Gasteiger charge is -2.24. The van der Waals surface area contributed by atoms with Crippen LogP contribution < -0.4 is 14.3 Å². The van der Waals surface area contributed by atoms with Gasteiger partial charge < -0.3 is 10.4 Å². The van der Waals surface area contributed by atoms with Gasteiger partial charge in [-0.1, -0.05) is 6.07 Å². The molecule has 3 rings (SSSR count). The fraction of sp³-hybridized carbons (Fsp3) is 0.500. The minimum absolute atomic E-state index is 0.255. The lowest BCUT2D eigenvalue weighted by atomic mass is 9.92. The maximum absolute atomic E-state index is 14.8. The molecular weight excluding hydrogens is 325 g/mol. The number of amides is 1. The summed E-state index contributed by atoms with van der Waals surface area (Å²) in [6.07, 6.45) is 2.42. The highest BCUT2D eigenvalue weighted by molar-refractivity contribution is 7.92. The van der Waals surface area contributed by atoms with Crippen molar-refractivity contribution >= 4 is 21.8 Å². The number of halogens is 1. The smallest absolute Gasteiger partial charge is 0.326 e. The number of carbonyl (C=O) groups excluding carboxylic acids is 1. The number of nitrogens with zero attached hydrogens (tertiary/aromatic N) is 1. The fourth-order valence-electron chi connectivity index (χ4n) is 3.05. The summed E-state index contributed by atoms with van der Waals surface area (Å²) >= 11 is 0. The Bertz CT molecular complexity index is 732. The highest BCUT2D eigenvalue weighted by atomic mass is 32.2. The number of piperidine rings is 1. The van der Waals surface area contributed by atoms with Crippen molar-refractivity contribution in [2.24, 2.45) is 5.92 Å². The first-order chi connectivity index (χ1) is 10.9. The quantitative estimate of drug-likeness (QED) is 0.731. The molecule has 3 N–H and O–H groups in total. The molecule has 2 aliphatic rings. The molecule has 2 aliphatic heterocycles. The van der Waals surface area contributed by atoms with Crippen molar-refractivity contribution < 1.29 is 22.7 Å². The number of phenols is 1. The van der Waals surface area contributed by atoms with Gasteiger partial charge in [0.25, 0.3) is 5.91 Å². The summed E-state index contributed by atoms with van der Waals surface area (Å²) < 4.78 is 40.9. The first-order valence-electron chi connectivity index (χ1n) is 7.43. The Morgan fingerprint density at radius 1 is 1.39 bits per heavy atom. The monoisotopic (exact) mass is 343 g/mol. The van der Waals surface area contributed by atoms with Gasteiger partial charge in [0, 0.05) is 0 Å². The zero-order valence-electron chi connectivity index (χ0n) is 12.4. The van der Waals surface area contributed by atoms with Gasteiger partial charge in [-0.15, -0.1) is 0 Å². The Morgan fingerprint density at radius 2 is 2.17 bits per heavy atom. The largest absolute Gasteiger partial charge is 0.506 e. The summed E-state index contributed by atoms with van der Waals surface area (Å²) in [7, 11) is -4.16. The van der Waals surface area contributed by atoms with E-state index in [1.165, 1.54) is 12.1 Å². The molecule has 0 aromatic heterocycles. The Hall–Kier alpha value is -1.87. The third-order valence-corrected chi connectivity index (χ3v) is 5.53. The van der Waals surface area contributed by atoms with Crippen LogP contribution in [-0.2, 0) is 21.4 Å². The molecule has 1 unspecified atom stereocenters. The number of carbonyl (C=O) groups is 1. The molecule has 2 fully saturated rings. The molecule has 23 heavy (non-hydrogen) atoms. The third-order valence-electron chi connectivity index (χ3n) is 4.15. The van der Waals surface area contributed by atoms with E-state index in [4.69, 9.17) is 0 Å². The minimum atomic E-state index is -4.16. The van der Waals surface area contributed by atoms with Gasteiger partial charge in [0.05, 0.1) is 0 Å². The molecule has 0 radical (unpaired) electrons. The van der Waals surface area contributed by atoms with Gasteiger partial charge in [-0.3, -0.25) is 4.79 Å². The third kappa shape index (κ3) is 3.11. The second-order valence-corrected chi connectivity index (χ2v) is 7.45. The minimum Gasteiger partial charge on any atom is -0.506 e. The second kappa shape index (κ2) is 5.97. The number of benzene rings is 1. The van der Waals surface area contributed by atoms with Crippen LogP contribution in [0, 0.1) is 11.7 Å². The SMILES string of the molecule is O=C1CN(c2c(O)ccc(CC3CCCNC3)c2F)S(=O)(=O)N1. The number of hydrogen-bond donors (Lipinski definition) is 3. The van der Waals surface area contributed by atoms with E-state index >= 15 is 0 Å². The van der Waals surface area contributed by atoms with Gasteiger partial charge in [-0.05, 0) is 49.9 Å². The Labute approximate surface area is 133 Å². The van der Waals surface area contributed by atoms with Crippen molar-refractivity contribution in [1.82, 2.24) is 10.0 Å². The molecule has 0 bridgehead atoms. The van der Waals surface area contributed by atoms with E-state index in [-0.39, 0.29) is 5.92 Å². The normalized spacial score (nSPS) is 23.8. The van der Waals surface area contributed by atoms with Gasteiger partial charge in [-0.2, -0.15) is 8.42 Å². The van der Waals surface area contributed by atoms with Crippen LogP contribution in [0.15, 0.2) is 12.1 Å². The Morgan fingerprint density at radius 3 is 2.78 bits per heavy atom. The van der Waals surface area contributed by atoms with Crippen molar-refractivity contribution in [3.8, 4) is 5.75 Å². The highest BCUT2D eigenvalue weighted by Gasteiger charge is 2.38. The zero-order chi connectivity index (χ0) is 16.6. The molecule has 2 heterocycles. The first kappa shape index (κ1) is 16.0. The van der Waals surface area contributed by atoms with Crippen LogP contribution in [0.2, 0.25) is 0 Å². The molecular formula is C14H18FN3O4S. The van der Waals surface area contributed by atoms with E-state index in [1.54, 1.807) is 4.72 Å². The van der Waals surface area contributed by atoms with E-state index in [9.17, 15) is 22.7 Å². The van der Waals surface area contributed by atoms with Crippen LogP contribution in [-0.4, -0.2) is 39.1 Å². The van der Waals surface area contributed by atoms with E-state index < -0.39 is 39.9 Å². The van der Waals surface area contributed by atoms with Crippen LogP contribution in [0.4, 0.5) is 10.1 Å². The van der Waals surface area contributed by atoms with Crippen LogP contribution in [0.1, 0.15) is 18.4 Å². The molecule has 1 aromatic rings. The van der Waals surface area contributed by atoms with Gasteiger partial charge in [0.15, 0.2) is 5.82 Å². The van der Waals surface area contributed by atoms with E-state index in [2.05, 4.69) is 5.32 Å². The van der Waals surface area contributed by atoms with Gasteiger partial charge in [0.1, 0.15) is 18.0 Å². The van der Waals surface area contributed by atoms with Crippen molar-refractivity contribution in [3.05, 3.63) is 23.5 Å². The number of hydrogen-bond acceptors (Lipinski definition) is 5. The summed E-state index contributed by atoms with van der Waals surface area (Å²) in [5.74, 6) is -1.81. The lowest BCUT2D eigenvalue weighted by molar-refractivity contribution is -0.117. The van der Waals surface area contributed by atoms with Gasteiger partial charge in [-0.25, -0.2) is 13.4 Å². The summed E-state index contributed by atoms with van der Waals surface area (Å²) in [4.78, 5) is 11.3. The van der Waals surface area contributed by atoms with Gasteiger partial charge in [0.2, 0.25) is 0 Å². The molecule has 9 heteroatoms. The summed E-state index contributed by atoms with van der Waals surface area (Å²) in [5.41, 5.74) is -0.134. The molecule has 0 spiro atoms. The molecule has 2 saturated heterocycles. The molecule has 126 valence electrons. The molecule has 1 amide bonds. The number of anilines is 1. The highest BCUT2D eigenvalue weighted by Crippen LogP contribution is 2.36. The van der Waals surface area contributed by atoms with Crippen LogP contribution in [0.3, 0.4) is 0 Å².